The van der Waals surface area contributed by atoms with Gasteiger partial charge in [0.15, 0.2) is 6.61 Å². The molecule has 0 fully saturated rings. The Morgan fingerprint density at radius 3 is 2.55 bits per heavy atom. The molecule has 0 aliphatic heterocycles. The second-order valence-electron chi connectivity index (χ2n) is 6.57. The van der Waals surface area contributed by atoms with Gasteiger partial charge in [0.2, 0.25) is 0 Å². The SMILES string of the molecule is Cc1noc(C)c1COc1ccc(C(=O)OCC(=O)N(C)Cc2ccsc2)cc1. The Kier molecular flexibility index (Phi) is 6.66. The highest BCUT2D eigenvalue weighted by molar-refractivity contribution is 7.07. The average Bonchev–Trinajstić information content (AvgIpc) is 3.34. The number of nitrogens with zero attached hydrogens (tertiary/aromatic N) is 2. The summed E-state index contributed by atoms with van der Waals surface area (Å²) in [5.41, 5.74) is 3.09. The third-order valence-corrected chi connectivity index (χ3v) is 5.14. The Morgan fingerprint density at radius 2 is 1.93 bits per heavy atom. The summed E-state index contributed by atoms with van der Waals surface area (Å²) in [5, 5.41) is 7.82. The summed E-state index contributed by atoms with van der Waals surface area (Å²) in [6.07, 6.45) is 0. The van der Waals surface area contributed by atoms with Gasteiger partial charge >= 0.3 is 5.97 Å². The van der Waals surface area contributed by atoms with Crippen molar-refractivity contribution in [3.63, 3.8) is 0 Å². The van der Waals surface area contributed by atoms with Gasteiger partial charge in [-0.25, -0.2) is 4.79 Å². The van der Waals surface area contributed by atoms with Crippen LogP contribution in [-0.4, -0.2) is 35.6 Å². The van der Waals surface area contributed by atoms with Crippen molar-refractivity contribution in [3.05, 3.63) is 69.2 Å². The Bertz CT molecular complexity index is 944. The molecule has 2 heterocycles. The third kappa shape index (κ3) is 5.45. The Morgan fingerprint density at radius 1 is 1.17 bits per heavy atom. The van der Waals surface area contributed by atoms with E-state index in [4.69, 9.17) is 14.0 Å². The molecule has 1 amide bonds. The van der Waals surface area contributed by atoms with Crippen LogP contribution in [0.3, 0.4) is 0 Å². The number of benzene rings is 1. The maximum Gasteiger partial charge on any atom is 0.338 e. The molecule has 3 rings (SSSR count). The topological polar surface area (TPSA) is 81.9 Å². The molecule has 3 aromatic rings. The number of likely N-dealkylation sites (N-methyl/N-ethyl adjacent to an activating group) is 1. The number of aryl methyl sites for hydroxylation is 2. The molecular formula is C21H22N2O5S. The number of aromatic nitrogens is 1. The van der Waals surface area contributed by atoms with Crippen molar-refractivity contribution in [2.75, 3.05) is 13.7 Å². The summed E-state index contributed by atoms with van der Waals surface area (Å²) in [5.74, 6) is 0.507. The van der Waals surface area contributed by atoms with Crippen molar-refractivity contribution in [2.45, 2.75) is 27.0 Å². The zero-order valence-electron chi connectivity index (χ0n) is 16.5. The van der Waals surface area contributed by atoms with Gasteiger partial charge in [0.25, 0.3) is 5.91 Å². The molecule has 152 valence electrons. The van der Waals surface area contributed by atoms with Crippen LogP contribution in [-0.2, 0) is 22.7 Å². The number of carbonyl (C=O) groups is 2. The van der Waals surface area contributed by atoms with E-state index < -0.39 is 5.97 Å². The molecule has 0 radical (unpaired) electrons. The van der Waals surface area contributed by atoms with Crippen molar-refractivity contribution < 1.29 is 23.6 Å². The molecule has 0 N–H and O–H groups in total. The van der Waals surface area contributed by atoms with E-state index in [9.17, 15) is 9.59 Å². The second kappa shape index (κ2) is 9.38. The molecule has 0 aliphatic carbocycles. The minimum Gasteiger partial charge on any atom is -0.489 e. The predicted molar refractivity (Wildman–Crippen MR) is 108 cm³/mol. The van der Waals surface area contributed by atoms with Gasteiger partial charge < -0.3 is 18.9 Å². The molecule has 0 aliphatic rings. The maximum atomic E-state index is 12.2. The van der Waals surface area contributed by atoms with E-state index in [2.05, 4.69) is 5.16 Å². The molecule has 2 aromatic heterocycles. The van der Waals surface area contributed by atoms with E-state index in [1.54, 1.807) is 42.6 Å². The predicted octanol–water partition coefficient (Wildman–Crippen LogP) is 3.75. The number of amides is 1. The zero-order chi connectivity index (χ0) is 20.8. The van der Waals surface area contributed by atoms with Crippen LogP contribution in [0.5, 0.6) is 5.75 Å². The molecule has 0 bridgehead atoms. The number of carbonyl (C=O) groups excluding carboxylic acids is 2. The lowest BCUT2D eigenvalue weighted by Gasteiger charge is -2.16. The average molecular weight is 414 g/mol. The first-order chi connectivity index (χ1) is 13.9. The molecular weight excluding hydrogens is 392 g/mol. The lowest BCUT2D eigenvalue weighted by atomic mass is 10.2. The Hall–Kier alpha value is -3.13. The summed E-state index contributed by atoms with van der Waals surface area (Å²) in [4.78, 5) is 25.8. The minimum atomic E-state index is -0.556. The first kappa shape index (κ1) is 20.6. The minimum absolute atomic E-state index is 0.260. The van der Waals surface area contributed by atoms with Crippen molar-refractivity contribution in [3.8, 4) is 5.75 Å². The fourth-order valence-electron chi connectivity index (χ4n) is 2.62. The van der Waals surface area contributed by atoms with E-state index in [1.807, 2.05) is 30.7 Å². The van der Waals surface area contributed by atoms with E-state index in [0.29, 0.717) is 24.5 Å². The summed E-state index contributed by atoms with van der Waals surface area (Å²) in [6, 6.07) is 8.52. The van der Waals surface area contributed by atoms with Gasteiger partial charge in [-0.15, -0.1) is 0 Å². The number of thiophene rings is 1. The number of ether oxygens (including phenoxy) is 2. The highest BCUT2D eigenvalue weighted by Crippen LogP contribution is 2.18. The van der Waals surface area contributed by atoms with Crippen molar-refractivity contribution >= 4 is 23.2 Å². The molecule has 0 atom stereocenters. The van der Waals surface area contributed by atoms with Gasteiger partial charge in [-0.1, -0.05) is 5.16 Å². The Labute approximate surface area is 172 Å². The molecule has 29 heavy (non-hydrogen) atoms. The van der Waals surface area contributed by atoms with Gasteiger partial charge in [-0.3, -0.25) is 4.79 Å². The maximum absolute atomic E-state index is 12.2. The number of hydrogen-bond acceptors (Lipinski definition) is 7. The van der Waals surface area contributed by atoms with Gasteiger partial charge in [-0.05, 0) is 60.5 Å². The van der Waals surface area contributed by atoms with Gasteiger partial charge in [0.1, 0.15) is 18.1 Å². The van der Waals surface area contributed by atoms with Crippen LogP contribution < -0.4 is 4.74 Å². The number of hydrogen-bond donors (Lipinski definition) is 0. The van der Waals surface area contributed by atoms with E-state index in [0.717, 1.165) is 22.6 Å². The Balaban J connectivity index is 1.47. The van der Waals surface area contributed by atoms with Crippen LogP contribution in [0.4, 0.5) is 0 Å². The van der Waals surface area contributed by atoms with E-state index in [-0.39, 0.29) is 12.5 Å². The molecule has 0 spiro atoms. The second-order valence-corrected chi connectivity index (χ2v) is 7.35. The lowest BCUT2D eigenvalue weighted by Crippen LogP contribution is -2.30. The van der Waals surface area contributed by atoms with Crippen molar-refractivity contribution in [1.29, 1.82) is 0 Å². The molecule has 7 nitrogen and oxygen atoms in total. The molecule has 8 heteroatoms. The van der Waals surface area contributed by atoms with Crippen LogP contribution in [0.25, 0.3) is 0 Å². The molecule has 1 aromatic carbocycles. The summed E-state index contributed by atoms with van der Waals surface area (Å²) < 4.78 is 16.0. The number of rotatable bonds is 8. The van der Waals surface area contributed by atoms with E-state index in [1.165, 1.54) is 4.90 Å². The smallest absolute Gasteiger partial charge is 0.338 e. The molecule has 0 saturated heterocycles. The molecule has 0 unspecified atom stereocenters. The highest BCUT2D eigenvalue weighted by atomic mass is 32.1. The van der Waals surface area contributed by atoms with Gasteiger partial charge in [0.05, 0.1) is 16.8 Å². The zero-order valence-corrected chi connectivity index (χ0v) is 17.3. The normalized spacial score (nSPS) is 10.6. The fourth-order valence-corrected chi connectivity index (χ4v) is 3.28. The summed E-state index contributed by atoms with van der Waals surface area (Å²) >= 11 is 1.57. The van der Waals surface area contributed by atoms with Crippen molar-refractivity contribution in [1.82, 2.24) is 10.1 Å². The monoisotopic (exact) mass is 414 g/mol. The largest absolute Gasteiger partial charge is 0.489 e. The summed E-state index contributed by atoms with van der Waals surface area (Å²) in [7, 11) is 1.68. The van der Waals surface area contributed by atoms with Gasteiger partial charge in [0, 0.05) is 13.6 Å². The highest BCUT2D eigenvalue weighted by Gasteiger charge is 2.14. The third-order valence-electron chi connectivity index (χ3n) is 4.41. The van der Waals surface area contributed by atoms with Crippen LogP contribution in [0.1, 0.15) is 32.9 Å². The van der Waals surface area contributed by atoms with Crippen LogP contribution in [0.2, 0.25) is 0 Å². The first-order valence-electron chi connectivity index (χ1n) is 9.01. The standard InChI is InChI=1S/C21H22N2O5S/c1-14-19(15(2)28-22-14)11-26-18-6-4-17(5-7-18)21(25)27-12-20(24)23(3)10-16-8-9-29-13-16/h4-9,13H,10-12H2,1-3H3. The number of esters is 1. The molecule has 0 saturated carbocycles. The first-order valence-corrected chi connectivity index (χ1v) is 9.95. The van der Waals surface area contributed by atoms with Crippen LogP contribution >= 0.6 is 11.3 Å². The lowest BCUT2D eigenvalue weighted by molar-refractivity contribution is -0.133. The van der Waals surface area contributed by atoms with Crippen LogP contribution in [0.15, 0.2) is 45.6 Å². The van der Waals surface area contributed by atoms with E-state index >= 15 is 0 Å². The summed E-state index contributed by atoms with van der Waals surface area (Å²) in [6.45, 7) is 4.20. The van der Waals surface area contributed by atoms with Crippen LogP contribution in [0, 0.1) is 13.8 Å². The fraction of sp³-hybridized carbons (Fsp3) is 0.286. The van der Waals surface area contributed by atoms with Crippen molar-refractivity contribution in [2.24, 2.45) is 0 Å². The quantitative estimate of drug-likeness (QED) is 0.522. The van der Waals surface area contributed by atoms with Gasteiger partial charge in [-0.2, -0.15) is 11.3 Å².